The molecule has 2 aromatic carbocycles. The summed E-state index contributed by atoms with van der Waals surface area (Å²) in [5.41, 5.74) is 3.94. The Morgan fingerprint density at radius 2 is 1.69 bits per heavy atom. The third-order valence-electron chi connectivity index (χ3n) is 4.23. The van der Waals surface area contributed by atoms with Gasteiger partial charge in [-0.25, -0.2) is 4.68 Å². The summed E-state index contributed by atoms with van der Waals surface area (Å²) < 4.78 is 1.81. The number of benzene rings is 2. The first-order valence-corrected chi connectivity index (χ1v) is 8.84. The fourth-order valence-electron chi connectivity index (χ4n) is 2.69. The van der Waals surface area contributed by atoms with Crippen molar-refractivity contribution in [1.82, 2.24) is 9.78 Å². The van der Waals surface area contributed by atoms with Crippen molar-refractivity contribution in [2.24, 2.45) is 0 Å². The molecule has 0 aliphatic heterocycles. The molecule has 0 unspecified atom stereocenters. The number of aromatic nitrogens is 2. The molecule has 3 aromatic rings. The number of anilines is 1. The van der Waals surface area contributed by atoms with Crippen LogP contribution in [0.1, 0.15) is 37.6 Å². The molecule has 26 heavy (non-hydrogen) atoms. The van der Waals surface area contributed by atoms with Gasteiger partial charge in [-0.2, -0.15) is 5.10 Å². The minimum absolute atomic E-state index is 0.0510. The number of rotatable bonds is 4. The van der Waals surface area contributed by atoms with Crippen LogP contribution in [0.15, 0.2) is 60.7 Å². The number of hydrogen-bond donors (Lipinski definition) is 1. The van der Waals surface area contributed by atoms with Gasteiger partial charge in [-0.05, 0) is 24.6 Å². The van der Waals surface area contributed by atoms with Crippen LogP contribution in [-0.4, -0.2) is 15.7 Å². The number of carbonyl (C=O) groups excluding carboxylic acids is 1. The van der Waals surface area contributed by atoms with Crippen LogP contribution < -0.4 is 5.32 Å². The molecule has 0 radical (unpaired) electrons. The molecule has 0 aliphatic carbocycles. The lowest BCUT2D eigenvalue weighted by Gasteiger charge is -2.14. The zero-order valence-electron chi connectivity index (χ0n) is 15.8. The van der Waals surface area contributed by atoms with Crippen LogP contribution in [0.5, 0.6) is 0 Å². The standard InChI is InChI=1S/C22H25N3O/c1-16-10-12-18(13-11-16)25-20(15-19(24-25)22(2,3)4)23-21(26)14-17-8-6-5-7-9-17/h5-13,15H,14H2,1-4H3,(H,23,26). The molecule has 0 aliphatic rings. The number of aryl methyl sites for hydroxylation is 1. The molecule has 1 N–H and O–H groups in total. The largest absolute Gasteiger partial charge is 0.310 e. The molecule has 3 rings (SSSR count). The predicted molar refractivity (Wildman–Crippen MR) is 106 cm³/mol. The molecule has 0 fully saturated rings. The molecule has 0 bridgehead atoms. The summed E-state index contributed by atoms with van der Waals surface area (Å²) in [5, 5.41) is 7.77. The van der Waals surface area contributed by atoms with Crippen molar-refractivity contribution < 1.29 is 4.79 Å². The van der Waals surface area contributed by atoms with Gasteiger partial charge in [0.2, 0.25) is 5.91 Å². The Hall–Kier alpha value is -2.88. The maximum absolute atomic E-state index is 12.5. The maximum Gasteiger partial charge on any atom is 0.229 e. The first-order chi connectivity index (χ1) is 12.3. The van der Waals surface area contributed by atoms with Crippen molar-refractivity contribution in [2.75, 3.05) is 5.32 Å². The van der Waals surface area contributed by atoms with Gasteiger partial charge in [-0.15, -0.1) is 0 Å². The van der Waals surface area contributed by atoms with Crippen LogP contribution in [0.2, 0.25) is 0 Å². The van der Waals surface area contributed by atoms with Crippen molar-refractivity contribution in [2.45, 2.75) is 39.5 Å². The highest BCUT2D eigenvalue weighted by Gasteiger charge is 2.21. The van der Waals surface area contributed by atoms with Crippen LogP contribution in [0, 0.1) is 6.92 Å². The average Bonchev–Trinajstić information content (AvgIpc) is 3.00. The molecule has 4 heteroatoms. The number of amides is 1. The van der Waals surface area contributed by atoms with E-state index in [0.29, 0.717) is 12.2 Å². The zero-order valence-corrected chi connectivity index (χ0v) is 15.8. The second-order valence-corrected chi connectivity index (χ2v) is 7.62. The first-order valence-electron chi connectivity index (χ1n) is 8.84. The summed E-state index contributed by atoms with van der Waals surface area (Å²) in [5.74, 6) is 0.643. The molecule has 1 aromatic heterocycles. The fourth-order valence-corrected chi connectivity index (χ4v) is 2.69. The molecule has 1 heterocycles. The number of hydrogen-bond acceptors (Lipinski definition) is 2. The summed E-state index contributed by atoms with van der Waals surface area (Å²) in [6.45, 7) is 8.40. The molecule has 134 valence electrons. The van der Waals surface area contributed by atoms with Crippen molar-refractivity contribution in [1.29, 1.82) is 0 Å². The normalized spacial score (nSPS) is 11.4. The van der Waals surface area contributed by atoms with E-state index in [1.165, 1.54) is 5.56 Å². The van der Waals surface area contributed by atoms with Crippen molar-refractivity contribution in [3.8, 4) is 5.69 Å². The van der Waals surface area contributed by atoms with Crippen molar-refractivity contribution >= 4 is 11.7 Å². The Balaban J connectivity index is 1.90. The van der Waals surface area contributed by atoms with Crippen LogP contribution >= 0.6 is 0 Å². The first kappa shape index (κ1) is 17.9. The summed E-state index contributed by atoms with van der Waals surface area (Å²) in [4.78, 5) is 12.5. The van der Waals surface area contributed by atoms with E-state index < -0.39 is 0 Å². The van der Waals surface area contributed by atoms with Crippen LogP contribution in [0.25, 0.3) is 5.69 Å². The Labute approximate surface area is 154 Å². The van der Waals surface area contributed by atoms with E-state index in [4.69, 9.17) is 5.10 Å². The fraction of sp³-hybridized carbons (Fsp3) is 0.273. The van der Waals surface area contributed by atoms with Crippen LogP contribution in [0.3, 0.4) is 0 Å². The van der Waals surface area contributed by atoms with Gasteiger partial charge >= 0.3 is 0 Å². The van der Waals surface area contributed by atoms with Crippen molar-refractivity contribution in [3.05, 3.63) is 77.5 Å². The van der Waals surface area contributed by atoms with Crippen LogP contribution in [0.4, 0.5) is 5.82 Å². The van der Waals surface area contributed by atoms with Gasteiger partial charge in [-0.1, -0.05) is 68.8 Å². The maximum atomic E-state index is 12.5. The molecule has 0 saturated carbocycles. The topological polar surface area (TPSA) is 46.9 Å². The lowest BCUT2D eigenvalue weighted by atomic mass is 9.92. The van der Waals surface area contributed by atoms with Gasteiger partial charge < -0.3 is 5.32 Å². The third-order valence-corrected chi connectivity index (χ3v) is 4.23. The van der Waals surface area contributed by atoms with Gasteiger partial charge in [0.15, 0.2) is 0 Å². The summed E-state index contributed by atoms with van der Waals surface area (Å²) in [6.07, 6.45) is 0.338. The SMILES string of the molecule is Cc1ccc(-n2nc(C(C)(C)C)cc2NC(=O)Cc2ccccc2)cc1. The highest BCUT2D eigenvalue weighted by atomic mass is 16.1. The predicted octanol–water partition coefficient (Wildman–Crippen LogP) is 4.66. The van der Waals surface area contributed by atoms with Crippen LogP contribution in [-0.2, 0) is 16.6 Å². The van der Waals surface area contributed by atoms with Gasteiger partial charge in [0.05, 0.1) is 17.8 Å². The van der Waals surface area contributed by atoms with Gasteiger partial charge in [0.1, 0.15) is 5.82 Å². The monoisotopic (exact) mass is 347 g/mol. The van der Waals surface area contributed by atoms with Crippen molar-refractivity contribution in [3.63, 3.8) is 0 Å². The highest BCUT2D eigenvalue weighted by Crippen LogP contribution is 2.26. The lowest BCUT2D eigenvalue weighted by Crippen LogP contribution is -2.17. The molecule has 0 spiro atoms. The summed E-state index contributed by atoms with van der Waals surface area (Å²) >= 11 is 0. The molecule has 0 saturated heterocycles. The minimum Gasteiger partial charge on any atom is -0.310 e. The third kappa shape index (κ3) is 4.20. The Bertz CT molecular complexity index is 887. The van der Waals surface area contributed by atoms with E-state index in [0.717, 1.165) is 16.9 Å². The van der Waals surface area contributed by atoms with E-state index in [2.05, 4.69) is 33.0 Å². The quantitative estimate of drug-likeness (QED) is 0.746. The molecule has 1 amide bonds. The van der Waals surface area contributed by atoms with E-state index in [9.17, 15) is 4.79 Å². The molecular formula is C22H25N3O. The second kappa shape index (κ2) is 7.16. The lowest BCUT2D eigenvalue weighted by molar-refractivity contribution is -0.115. The van der Waals surface area contributed by atoms with Gasteiger partial charge in [0, 0.05) is 11.5 Å². The summed E-state index contributed by atoms with van der Waals surface area (Å²) in [7, 11) is 0. The van der Waals surface area contributed by atoms with Gasteiger partial charge in [-0.3, -0.25) is 4.79 Å². The van der Waals surface area contributed by atoms with E-state index in [1.807, 2.05) is 65.3 Å². The average molecular weight is 347 g/mol. The Morgan fingerprint density at radius 1 is 1.04 bits per heavy atom. The molecule has 4 nitrogen and oxygen atoms in total. The Kier molecular flexibility index (Phi) is 4.94. The minimum atomic E-state index is -0.102. The highest BCUT2D eigenvalue weighted by molar-refractivity contribution is 5.91. The number of nitrogens with zero attached hydrogens (tertiary/aromatic N) is 2. The van der Waals surface area contributed by atoms with Gasteiger partial charge in [0.25, 0.3) is 0 Å². The van der Waals surface area contributed by atoms with E-state index in [-0.39, 0.29) is 11.3 Å². The number of nitrogens with one attached hydrogen (secondary N) is 1. The molecule has 0 atom stereocenters. The molecular weight excluding hydrogens is 322 g/mol. The zero-order chi connectivity index (χ0) is 18.7. The number of carbonyl (C=O) groups is 1. The van der Waals surface area contributed by atoms with E-state index >= 15 is 0 Å². The Morgan fingerprint density at radius 3 is 2.31 bits per heavy atom. The smallest absolute Gasteiger partial charge is 0.229 e. The second-order valence-electron chi connectivity index (χ2n) is 7.62. The van der Waals surface area contributed by atoms with E-state index in [1.54, 1.807) is 0 Å². The summed E-state index contributed by atoms with van der Waals surface area (Å²) in [6, 6.07) is 19.8.